The summed E-state index contributed by atoms with van der Waals surface area (Å²) in [5, 5.41) is 8.58. The molecule has 0 radical (unpaired) electrons. The SMILES string of the molecule is CCCCCCCCCCCC(=O)OC(C)C(=O)O.[CaH2]. The summed E-state index contributed by atoms with van der Waals surface area (Å²) >= 11 is 0. The Hall–Kier alpha value is 0.200. The molecule has 0 fully saturated rings. The van der Waals surface area contributed by atoms with E-state index in [1.807, 2.05) is 0 Å². The van der Waals surface area contributed by atoms with Crippen molar-refractivity contribution in [2.45, 2.75) is 84.2 Å². The third-order valence-corrected chi connectivity index (χ3v) is 3.14. The average molecular weight is 314 g/mol. The van der Waals surface area contributed by atoms with E-state index in [0.29, 0.717) is 6.42 Å². The van der Waals surface area contributed by atoms with Crippen molar-refractivity contribution < 1.29 is 19.4 Å². The number of carbonyl (C=O) groups is 2. The second kappa shape index (κ2) is 15.6. The predicted molar refractivity (Wildman–Crippen MR) is 83.6 cm³/mol. The van der Waals surface area contributed by atoms with Crippen LogP contribution < -0.4 is 0 Å². The molecule has 0 spiro atoms. The van der Waals surface area contributed by atoms with Gasteiger partial charge in [0.25, 0.3) is 0 Å². The van der Waals surface area contributed by atoms with Crippen molar-refractivity contribution in [3.8, 4) is 0 Å². The average Bonchev–Trinajstić information content (AvgIpc) is 2.36. The molecule has 0 aromatic rings. The Morgan fingerprint density at radius 2 is 1.40 bits per heavy atom. The van der Waals surface area contributed by atoms with E-state index >= 15 is 0 Å². The molecule has 0 saturated carbocycles. The summed E-state index contributed by atoms with van der Waals surface area (Å²) in [4.78, 5) is 21.8. The molecule has 0 heterocycles. The summed E-state index contributed by atoms with van der Waals surface area (Å²) in [6.07, 6.45) is 9.99. The molecular weight excluding hydrogens is 284 g/mol. The van der Waals surface area contributed by atoms with E-state index in [1.165, 1.54) is 45.4 Å². The Bertz CT molecular complexity index is 256. The third kappa shape index (κ3) is 14.6. The summed E-state index contributed by atoms with van der Waals surface area (Å²) in [6, 6.07) is 0. The Balaban J connectivity index is 0. The molecule has 0 aromatic carbocycles. The molecule has 4 nitrogen and oxygen atoms in total. The number of unbranched alkanes of at least 4 members (excludes halogenated alkanes) is 8. The van der Waals surface area contributed by atoms with E-state index in [0.717, 1.165) is 19.3 Å². The van der Waals surface area contributed by atoms with Gasteiger partial charge in [0.2, 0.25) is 0 Å². The number of rotatable bonds is 12. The van der Waals surface area contributed by atoms with Crippen molar-refractivity contribution in [2.75, 3.05) is 0 Å². The van der Waals surface area contributed by atoms with Crippen LogP contribution in [0.5, 0.6) is 0 Å². The number of esters is 1. The zero-order valence-corrected chi connectivity index (χ0v) is 12.3. The molecule has 0 saturated heterocycles. The van der Waals surface area contributed by atoms with Crippen LogP contribution in [-0.2, 0) is 14.3 Å². The van der Waals surface area contributed by atoms with E-state index in [2.05, 4.69) is 6.92 Å². The molecule has 0 bridgehead atoms. The third-order valence-electron chi connectivity index (χ3n) is 3.14. The second-order valence-corrected chi connectivity index (χ2v) is 5.05. The number of carboxylic acid groups (broad SMARTS) is 1. The number of ether oxygens (including phenoxy) is 1. The van der Waals surface area contributed by atoms with Crippen LogP contribution in [0.3, 0.4) is 0 Å². The van der Waals surface area contributed by atoms with Gasteiger partial charge in [0, 0.05) is 6.42 Å². The molecule has 1 atom stereocenters. The van der Waals surface area contributed by atoms with Crippen LogP contribution in [0.4, 0.5) is 0 Å². The number of aliphatic carboxylic acids is 1. The predicted octanol–water partition coefficient (Wildman–Crippen LogP) is 3.01. The van der Waals surface area contributed by atoms with Crippen LogP contribution in [0.1, 0.15) is 78.1 Å². The zero-order chi connectivity index (χ0) is 14.5. The molecule has 0 aliphatic carbocycles. The van der Waals surface area contributed by atoms with Crippen molar-refractivity contribution in [1.29, 1.82) is 0 Å². The van der Waals surface area contributed by atoms with Gasteiger partial charge in [0.1, 0.15) is 0 Å². The summed E-state index contributed by atoms with van der Waals surface area (Å²) in [5.41, 5.74) is 0. The van der Waals surface area contributed by atoms with Crippen molar-refractivity contribution in [3.05, 3.63) is 0 Å². The molecule has 0 aromatic heterocycles. The quantitative estimate of drug-likeness (QED) is 0.342. The Morgan fingerprint density at radius 1 is 0.950 bits per heavy atom. The van der Waals surface area contributed by atoms with Crippen molar-refractivity contribution in [2.24, 2.45) is 0 Å². The summed E-state index contributed by atoms with van der Waals surface area (Å²) in [6.45, 7) is 3.58. The van der Waals surface area contributed by atoms with Gasteiger partial charge in [-0.05, 0) is 13.3 Å². The van der Waals surface area contributed by atoms with Crippen LogP contribution >= 0.6 is 0 Å². The van der Waals surface area contributed by atoms with E-state index in [-0.39, 0.29) is 37.7 Å². The monoisotopic (exact) mass is 314 g/mol. The molecule has 1 N–H and O–H groups in total. The van der Waals surface area contributed by atoms with E-state index in [9.17, 15) is 9.59 Å². The van der Waals surface area contributed by atoms with Gasteiger partial charge in [0.05, 0.1) is 0 Å². The Labute approximate surface area is 152 Å². The Kier molecular flexibility index (Phi) is 17.5. The fourth-order valence-corrected chi connectivity index (χ4v) is 1.89. The van der Waals surface area contributed by atoms with Gasteiger partial charge in [-0.25, -0.2) is 4.79 Å². The van der Waals surface area contributed by atoms with Gasteiger partial charge in [-0.1, -0.05) is 58.3 Å². The molecule has 0 aliphatic heterocycles. The van der Waals surface area contributed by atoms with Crippen molar-refractivity contribution in [3.63, 3.8) is 0 Å². The van der Waals surface area contributed by atoms with Crippen LogP contribution in [0.2, 0.25) is 0 Å². The summed E-state index contributed by atoms with van der Waals surface area (Å²) in [7, 11) is 0. The minimum atomic E-state index is -1.10. The molecule has 0 amide bonds. The number of hydrogen-bond acceptors (Lipinski definition) is 3. The fraction of sp³-hybridized carbons (Fsp3) is 0.867. The molecule has 0 rings (SSSR count). The number of carbonyl (C=O) groups excluding carboxylic acids is 1. The number of hydrogen-bond donors (Lipinski definition) is 1. The second-order valence-electron chi connectivity index (χ2n) is 5.05. The molecule has 20 heavy (non-hydrogen) atoms. The van der Waals surface area contributed by atoms with Gasteiger partial charge in [0.15, 0.2) is 6.10 Å². The fourth-order valence-electron chi connectivity index (χ4n) is 1.89. The van der Waals surface area contributed by atoms with E-state index < -0.39 is 18.0 Å². The van der Waals surface area contributed by atoms with Gasteiger partial charge in [-0.15, -0.1) is 0 Å². The number of carboxylic acids is 1. The Morgan fingerprint density at radius 3 is 1.85 bits per heavy atom. The van der Waals surface area contributed by atoms with Crippen molar-refractivity contribution in [1.82, 2.24) is 0 Å². The maximum absolute atomic E-state index is 11.3. The topological polar surface area (TPSA) is 63.6 Å². The van der Waals surface area contributed by atoms with Crippen molar-refractivity contribution >= 4 is 49.7 Å². The van der Waals surface area contributed by atoms with E-state index in [1.54, 1.807) is 0 Å². The first-order valence-electron chi connectivity index (χ1n) is 7.50. The summed E-state index contributed by atoms with van der Waals surface area (Å²) < 4.78 is 4.75. The molecule has 1 unspecified atom stereocenters. The van der Waals surface area contributed by atoms with Gasteiger partial charge in [-0.2, -0.15) is 0 Å². The van der Waals surface area contributed by atoms with Crippen LogP contribution in [0.15, 0.2) is 0 Å². The first-order valence-corrected chi connectivity index (χ1v) is 7.50. The molecular formula is C15H30CaO4. The molecule has 5 heteroatoms. The van der Waals surface area contributed by atoms with Crippen LogP contribution in [0, 0.1) is 0 Å². The standard InChI is InChI=1S/C15H28O4.Ca.2H/c1-3-4-5-6-7-8-9-10-11-12-14(16)19-13(2)15(17)18;;;/h13H,3-12H2,1-2H3,(H,17,18);;;. The normalized spacial score (nSPS) is 11.5. The first kappa shape index (κ1) is 22.5. The van der Waals surface area contributed by atoms with E-state index in [4.69, 9.17) is 9.84 Å². The van der Waals surface area contributed by atoms with Gasteiger partial charge >= 0.3 is 49.7 Å². The first-order chi connectivity index (χ1) is 9.07. The van der Waals surface area contributed by atoms with Crippen LogP contribution in [0.25, 0.3) is 0 Å². The molecule has 116 valence electrons. The van der Waals surface area contributed by atoms with Gasteiger partial charge < -0.3 is 9.84 Å². The summed E-state index contributed by atoms with van der Waals surface area (Å²) in [5.74, 6) is -1.50. The zero-order valence-electron chi connectivity index (χ0n) is 12.3. The van der Waals surface area contributed by atoms with Crippen LogP contribution in [-0.4, -0.2) is 60.9 Å². The minimum absolute atomic E-state index is 0. The maximum atomic E-state index is 11.3. The van der Waals surface area contributed by atoms with Gasteiger partial charge in [-0.3, -0.25) is 4.79 Å². The molecule has 0 aliphatic rings.